The quantitative estimate of drug-likeness (QED) is 0.741. The van der Waals surface area contributed by atoms with Crippen molar-refractivity contribution in [2.75, 3.05) is 6.54 Å². The van der Waals surface area contributed by atoms with E-state index >= 15 is 0 Å². The highest BCUT2D eigenvalue weighted by Gasteiger charge is 2.27. The highest BCUT2D eigenvalue weighted by molar-refractivity contribution is 5.99. The third kappa shape index (κ3) is 1.83. The third-order valence-corrected chi connectivity index (χ3v) is 2.44. The Morgan fingerprint density at radius 1 is 1.47 bits per heavy atom. The van der Waals surface area contributed by atoms with E-state index in [9.17, 15) is 9.59 Å². The van der Waals surface area contributed by atoms with Crippen molar-refractivity contribution < 1.29 is 9.59 Å². The molecule has 1 aliphatic rings. The average molecular weight is 204 g/mol. The maximum atomic E-state index is 11.5. The van der Waals surface area contributed by atoms with Crippen LogP contribution < -0.4 is 10.6 Å². The molecule has 1 heterocycles. The normalized spacial score (nSPS) is 18.2. The van der Waals surface area contributed by atoms with Crippen LogP contribution in [-0.2, 0) is 4.79 Å². The minimum absolute atomic E-state index is 0.0686. The monoisotopic (exact) mass is 204 g/mol. The molecule has 0 saturated carbocycles. The molecule has 0 aliphatic carbocycles. The zero-order valence-electron chi connectivity index (χ0n) is 8.41. The van der Waals surface area contributed by atoms with E-state index in [1.165, 1.54) is 6.92 Å². The van der Waals surface area contributed by atoms with Crippen LogP contribution in [0.1, 0.15) is 28.9 Å². The smallest absolute Gasteiger partial charge is 0.252 e. The molecule has 0 spiro atoms. The molecular weight excluding hydrogens is 192 g/mol. The first-order valence-electron chi connectivity index (χ1n) is 4.82. The molecule has 4 nitrogen and oxygen atoms in total. The number of carbonyl (C=O) groups excluding carboxylic acids is 2. The summed E-state index contributed by atoms with van der Waals surface area (Å²) < 4.78 is 0. The summed E-state index contributed by atoms with van der Waals surface area (Å²) in [5, 5.41) is 5.52. The standard InChI is InChI=1S/C11H12N2O2/c1-7(14)12-6-10-8-4-2-3-5-9(8)11(15)13-10/h2-5,10H,6H2,1H3,(H,12,14)(H,13,15). The second-order valence-electron chi connectivity index (χ2n) is 3.55. The molecule has 0 saturated heterocycles. The van der Waals surface area contributed by atoms with Gasteiger partial charge in [0.2, 0.25) is 5.91 Å². The SMILES string of the molecule is CC(=O)NCC1NC(=O)c2ccccc21. The highest BCUT2D eigenvalue weighted by atomic mass is 16.2. The summed E-state index contributed by atoms with van der Waals surface area (Å²) in [6.07, 6.45) is 0. The van der Waals surface area contributed by atoms with Gasteiger partial charge in [-0.3, -0.25) is 9.59 Å². The molecule has 1 unspecified atom stereocenters. The molecule has 1 aliphatic heterocycles. The van der Waals surface area contributed by atoms with Gasteiger partial charge >= 0.3 is 0 Å². The van der Waals surface area contributed by atoms with Crippen LogP contribution in [0.3, 0.4) is 0 Å². The number of amides is 2. The number of carbonyl (C=O) groups is 2. The van der Waals surface area contributed by atoms with Crippen LogP contribution in [-0.4, -0.2) is 18.4 Å². The lowest BCUT2D eigenvalue weighted by molar-refractivity contribution is -0.119. The van der Waals surface area contributed by atoms with Crippen molar-refractivity contribution in [3.63, 3.8) is 0 Å². The van der Waals surface area contributed by atoms with Gasteiger partial charge in [-0.15, -0.1) is 0 Å². The lowest BCUT2D eigenvalue weighted by Crippen LogP contribution is -2.31. The van der Waals surface area contributed by atoms with Gasteiger partial charge in [-0.2, -0.15) is 0 Å². The van der Waals surface area contributed by atoms with Crippen molar-refractivity contribution in [1.82, 2.24) is 10.6 Å². The molecule has 0 fully saturated rings. The van der Waals surface area contributed by atoms with Crippen molar-refractivity contribution in [2.45, 2.75) is 13.0 Å². The summed E-state index contributed by atoms with van der Waals surface area (Å²) in [5.74, 6) is -0.158. The lowest BCUT2D eigenvalue weighted by atomic mass is 10.1. The van der Waals surface area contributed by atoms with Crippen LogP contribution in [0.15, 0.2) is 24.3 Å². The summed E-state index contributed by atoms with van der Waals surface area (Å²) >= 11 is 0. The molecule has 0 aromatic heterocycles. The third-order valence-electron chi connectivity index (χ3n) is 2.44. The largest absolute Gasteiger partial charge is 0.354 e. The zero-order chi connectivity index (χ0) is 10.8. The Morgan fingerprint density at radius 3 is 2.93 bits per heavy atom. The summed E-state index contributed by atoms with van der Waals surface area (Å²) in [4.78, 5) is 22.3. The van der Waals surface area contributed by atoms with Crippen LogP contribution in [0.4, 0.5) is 0 Å². The first-order valence-corrected chi connectivity index (χ1v) is 4.82. The molecule has 15 heavy (non-hydrogen) atoms. The molecule has 4 heteroatoms. The average Bonchev–Trinajstić information content (AvgIpc) is 2.54. The second-order valence-corrected chi connectivity index (χ2v) is 3.55. The summed E-state index contributed by atoms with van der Waals surface area (Å²) in [6.45, 7) is 1.90. The van der Waals surface area contributed by atoms with Gasteiger partial charge in [0.1, 0.15) is 0 Å². The summed E-state index contributed by atoms with van der Waals surface area (Å²) in [5.41, 5.74) is 1.66. The van der Waals surface area contributed by atoms with Gasteiger partial charge in [0.25, 0.3) is 5.91 Å². The molecule has 0 bridgehead atoms. The molecular formula is C11H12N2O2. The zero-order valence-corrected chi connectivity index (χ0v) is 8.41. The number of fused-ring (bicyclic) bond motifs is 1. The molecule has 1 aromatic carbocycles. The van der Waals surface area contributed by atoms with E-state index in [1.807, 2.05) is 18.2 Å². The van der Waals surface area contributed by atoms with Crippen molar-refractivity contribution >= 4 is 11.8 Å². The van der Waals surface area contributed by atoms with E-state index in [4.69, 9.17) is 0 Å². The van der Waals surface area contributed by atoms with Gasteiger partial charge in [0.05, 0.1) is 6.04 Å². The van der Waals surface area contributed by atoms with E-state index in [0.717, 1.165) is 5.56 Å². The Morgan fingerprint density at radius 2 is 2.20 bits per heavy atom. The summed E-state index contributed by atoms with van der Waals surface area (Å²) in [7, 11) is 0. The number of rotatable bonds is 2. The Labute approximate surface area is 87.7 Å². The fraction of sp³-hybridized carbons (Fsp3) is 0.273. The maximum Gasteiger partial charge on any atom is 0.252 e. The Kier molecular flexibility index (Phi) is 2.41. The van der Waals surface area contributed by atoms with Gasteiger partial charge in [-0.1, -0.05) is 18.2 Å². The first-order chi connectivity index (χ1) is 7.18. The van der Waals surface area contributed by atoms with Crippen molar-refractivity contribution in [2.24, 2.45) is 0 Å². The second kappa shape index (κ2) is 3.73. The van der Waals surface area contributed by atoms with Crippen LogP contribution in [0, 0.1) is 0 Å². The van der Waals surface area contributed by atoms with Crippen molar-refractivity contribution in [3.8, 4) is 0 Å². The fourth-order valence-corrected chi connectivity index (χ4v) is 1.73. The predicted octanol–water partition coefficient (Wildman–Crippen LogP) is 0.607. The van der Waals surface area contributed by atoms with Crippen LogP contribution in [0.5, 0.6) is 0 Å². The number of hydrogen-bond donors (Lipinski definition) is 2. The van der Waals surface area contributed by atoms with E-state index in [1.54, 1.807) is 6.07 Å². The molecule has 2 N–H and O–H groups in total. The Hall–Kier alpha value is -1.84. The number of benzene rings is 1. The minimum atomic E-state index is -0.0994. The molecule has 1 atom stereocenters. The number of nitrogens with one attached hydrogen (secondary N) is 2. The van der Waals surface area contributed by atoms with Gasteiger partial charge in [-0.25, -0.2) is 0 Å². The minimum Gasteiger partial charge on any atom is -0.354 e. The predicted molar refractivity (Wildman–Crippen MR) is 55.3 cm³/mol. The van der Waals surface area contributed by atoms with Gasteiger partial charge < -0.3 is 10.6 Å². The molecule has 1 aromatic rings. The molecule has 2 amide bonds. The highest BCUT2D eigenvalue weighted by Crippen LogP contribution is 2.23. The Bertz CT molecular complexity index is 415. The van der Waals surface area contributed by atoms with Gasteiger partial charge in [0, 0.05) is 19.0 Å². The maximum absolute atomic E-state index is 11.5. The molecule has 2 rings (SSSR count). The molecule has 0 radical (unpaired) electrons. The summed E-state index contributed by atoms with van der Waals surface area (Å²) in [6, 6.07) is 7.31. The van der Waals surface area contributed by atoms with E-state index in [-0.39, 0.29) is 17.9 Å². The Balaban J connectivity index is 2.17. The fourth-order valence-electron chi connectivity index (χ4n) is 1.73. The van der Waals surface area contributed by atoms with Crippen LogP contribution in [0.2, 0.25) is 0 Å². The van der Waals surface area contributed by atoms with E-state index < -0.39 is 0 Å². The van der Waals surface area contributed by atoms with Gasteiger partial charge in [0.15, 0.2) is 0 Å². The lowest BCUT2D eigenvalue weighted by Gasteiger charge is -2.11. The first kappa shape index (κ1) is 9.71. The number of hydrogen-bond acceptors (Lipinski definition) is 2. The topological polar surface area (TPSA) is 58.2 Å². The van der Waals surface area contributed by atoms with E-state index in [0.29, 0.717) is 12.1 Å². The van der Waals surface area contributed by atoms with Crippen LogP contribution >= 0.6 is 0 Å². The van der Waals surface area contributed by atoms with Crippen molar-refractivity contribution in [3.05, 3.63) is 35.4 Å². The van der Waals surface area contributed by atoms with Crippen molar-refractivity contribution in [1.29, 1.82) is 0 Å². The molecule has 78 valence electrons. The van der Waals surface area contributed by atoms with Gasteiger partial charge in [-0.05, 0) is 11.6 Å². The van der Waals surface area contributed by atoms with E-state index in [2.05, 4.69) is 10.6 Å². The van der Waals surface area contributed by atoms with Crippen LogP contribution in [0.25, 0.3) is 0 Å².